The smallest absolute Gasteiger partial charge is 0.308 e. The van der Waals surface area contributed by atoms with Gasteiger partial charge in [-0.1, -0.05) is 35.9 Å². The highest BCUT2D eigenvalue weighted by molar-refractivity contribution is 7.90. The minimum atomic E-state index is -3.62. The molecule has 0 radical (unpaired) electrons. The standard InChI is InChI=1S/C20H20ClN3O5S/c1-13(14-6-8-15(21)9-7-14)23-18(25)12-29-19(26)10-11-22-20-16-4-2-3-5-17(16)30(27,28)24-20/h2-9,13H,10-12H2,1H3,(H,22,24)(H,23,25). The third-order valence-corrected chi connectivity index (χ3v) is 6.01. The Hall–Kier alpha value is -2.91. The van der Waals surface area contributed by atoms with E-state index in [1.807, 2.05) is 0 Å². The molecular weight excluding hydrogens is 430 g/mol. The molecule has 1 amide bonds. The van der Waals surface area contributed by atoms with Crippen LogP contribution in [0.4, 0.5) is 0 Å². The summed E-state index contributed by atoms with van der Waals surface area (Å²) in [6, 6.07) is 13.2. The fraction of sp³-hybridized carbons (Fsp3) is 0.250. The molecule has 0 saturated carbocycles. The van der Waals surface area contributed by atoms with Gasteiger partial charge < -0.3 is 10.1 Å². The van der Waals surface area contributed by atoms with Gasteiger partial charge in [-0.3, -0.25) is 19.3 Å². The van der Waals surface area contributed by atoms with Crippen LogP contribution in [0.25, 0.3) is 0 Å². The number of halogens is 1. The molecule has 1 aliphatic heterocycles. The number of ether oxygens (including phenoxy) is 1. The van der Waals surface area contributed by atoms with Gasteiger partial charge in [0.05, 0.1) is 23.9 Å². The van der Waals surface area contributed by atoms with E-state index >= 15 is 0 Å². The molecule has 3 rings (SSSR count). The largest absolute Gasteiger partial charge is 0.456 e. The summed E-state index contributed by atoms with van der Waals surface area (Å²) in [4.78, 5) is 28.1. The van der Waals surface area contributed by atoms with Crippen molar-refractivity contribution in [1.82, 2.24) is 10.0 Å². The summed E-state index contributed by atoms with van der Waals surface area (Å²) in [6.07, 6.45) is -0.0899. The summed E-state index contributed by atoms with van der Waals surface area (Å²) in [5, 5.41) is 3.33. The normalized spacial score (nSPS) is 16.4. The molecule has 2 aromatic rings. The fourth-order valence-corrected chi connectivity index (χ4v) is 4.22. The minimum absolute atomic E-state index is 0.0216. The van der Waals surface area contributed by atoms with Crippen molar-refractivity contribution in [2.75, 3.05) is 13.2 Å². The number of hydrogen-bond acceptors (Lipinski definition) is 6. The van der Waals surface area contributed by atoms with Gasteiger partial charge in [0.2, 0.25) is 0 Å². The van der Waals surface area contributed by atoms with E-state index in [4.69, 9.17) is 16.3 Å². The molecule has 1 heterocycles. The number of nitrogens with zero attached hydrogens (tertiary/aromatic N) is 1. The number of sulfonamides is 1. The summed E-state index contributed by atoms with van der Waals surface area (Å²) in [6.45, 7) is 1.41. The summed E-state index contributed by atoms with van der Waals surface area (Å²) >= 11 is 5.84. The van der Waals surface area contributed by atoms with Crippen LogP contribution < -0.4 is 10.0 Å². The number of aliphatic imine (C=N–C) groups is 1. The summed E-state index contributed by atoms with van der Waals surface area (Å²) in [5.74, 6) is -0.856. The van der Waals surface area contributed by atoms with Gasteiger partial charge >= 0.3 is 5.97 Å². The van der Waals surface area contributed by atoms with E-state index in [1.165, 1.54) is 6.07 Å². The first-order chi connectivity index (χ1) is 14.3. The van der Waals surface area contributed by atoms with Crippen LogP contribution in [0, 0.1) is 0 Å². The quantitative estimate of drug-likeness (QED) is 0.629. The lowest BCUT2D eigenvalue weighted by Gasteiger charge is -2.14. The maximum absolute atomic E-state index is 12.0. The van der Waals surface area contributed by atoms with Crippen molar-refractivity contribution >= 4 is 39.3 Å². The first-order valence-electron chi connectivity index (χ1n) is 9.13. The lowest BCUT2D eigenvalue weighted by Crippen LogP contribution is -2.31. The van der Waals surface area contributed by atoms with Gasteiger partial charge in [0.15, 0.2) is 6.61 Å². The van der Waals surface area contributed by atoms with E-state index < -0.39 is 28.5 Å². The number of hydrogen-bond donors (Lipinski definition) is 2. The number of carbonyl (C=O) groups is 2. The topological polar surface area (TPSA) is 114 Å². The molecule has 2 N–H and O–H groups in total. The molecule has 10 heteroatoms. The summed E-state index contributed by atoms with van der Waals surface area (Å²) in [5.41, 5.74) is 1.33. The Morgan fingerprint density at radius 1 is 1.17 bits per heavy atom. The monoisotopic (exact) mass is 449 g/mol. The van der Waals surface area contributed by atoms with Crippen LogP contribution in [0.5, 0.6) is 0 Å². The van der Waals surface area contributed by atoms with E-state index in [-0.39, 0.29) is 29.7 Å². The third kappa shape index (κ3) is 5.37. The van der Waals surface area contributed by atoms with Crippen molar-refractivity contribution in [2.24, 2.45) is 4.99 Å². The fourth-order valence-electron chi connectivity index (χ4n) is 2.85. The molecule has 0 aliphatic carbocycles. The van der Waals surface area contributed by atoms with Gasteiger partial charge in [-0.15, -0.1) is 0 Å². The molecule has 0 spiro atoms. The second kappa shape index (κ2) is 9.27. The van der Waals surface area contributed by atoms with E-state index in [2.05, 4.69) is 15.0 Å². The minimum Gasteiger partial charge on any atom is -0.456 e. The average molecular weight is 450 g/mol. The van der Waals surface area contributed by atoms with Crippen LogP contribution in [-0.2, 0) is 24.3 Å². The number of carbonyl (C=O) groups excluding carboxylic acids is 2. The number of fused-ring (bicyclic) bond motifs is 1. The highest BCUT2D eigenvalue weighted by Gasteiger charge is 2.29. The zero-order valence-corrected chi connectivity index (χ0v) is 17.7. The lowest BCUT2D eigenvalue weighted by molar-refractivity contribution is -0.148. The van der Waals surface area contributed by atoms with E-state index in [0.29, 0.717) is 10.6 Å². The van der Waals surface area contributed by atoms with Crippen molar-refractivity contribution in [2.45, 2.75) is 24.3 Å². The first kappa shape index (κ1) is 21.8. The lowest BCUT2D eigenvalue weighted by atomic mass is 10.1. The van der Waals surface area contributed by atoms with Gasteiger partial charge in [-0.2, -0.15) is 0 Å². The van der Waals surface area contributed by atoms with Crippen LogP contribution >= 0.6 is 11.6 Å². The van der Waals surface area contributed by atoms with Crippen LogP contribution in [0.1, 0.15) is 30.5 Å². The third-order valence-electron chi connectivity index (χ3n) is 4.36. The molecule has 30 heavy (non-hydrogen) atoms. The molecule has 0 bridgehead atoms. The van der Waals surface area contributed by atoms with Gasteiger partial charge in [0, 0.05) is 10.6 Å². The molecule has 0 aromatic heterocycles. The number of esters is 1. The first-order valence-corrected chi connectivity index (χ1v) is 11.0. The molecule has 8 nitrogen and oxygen atoms in total. The Bertz CT molecular complexity index is 1080. The van der Waals surface area contributed by atoms with Gasteiger partial charge in [-0.05, 0) is 36.8 Å². The van der Waals surface area contributed by atoms with Crippen LogP contribution in [0.15, 0.2) is 58.4 Å². The average Bonchev–Trinajstić information content (AvgIpc) is 2.97. The van der Waals surface area contributed by atoms with Crippen LogP contribution in [-0.4, -0.2) is 39.3 Å². The van der Waals surface area contributed by atoms with Crippen molar-refractivity contribution in [3.8, 4) is 0 Å². The zero-order valence-electron chi connectivity index (χ0n) is 16.1. The molecule has 158 valence electrons. The Kier molecular flexibility index (Phi) is 6.73. The molecule has 0 fully saturated rings. The number of amidine groups is 1. The second-order valence-electron chi connectivity index (χ2n) is 6.58. The predicted octanol–water partition coefficient (Wildman–Crippen LogP) is 2.19. The number of amides is 1. The molecule has 1 atom stereocenters. The van der Waals surface area contributed by atoms with Crippen LogP contribution in [0.3, 0.4) is 0 Å². The summed E-state index contributed by atoms with van der Waals surface area (Å²) < 4.78 is 31.3. The number of rotatable bonds is 7. The Morgan fingerprint density at radius 2 is 1.87 bits per heavy atom. The molecule has 1 unspecified atom stereocenters. The molecule has 2 aromatic carbocycles. The predicted molar refractivity (Wildman–Crippen MR) is 112 cm³/mol. The van der Waals surface area contributed by atoms with Crippen molar-refractivity contribution in [3.63, 3.8) is 0 Å². The van der Waals surface area contributed by atoms with Crippen LogP contribution in [0.2, 0.25) is 5.02 Å². The van der Waals surface area contributed by atoms with E-state index in [0.717, 1.165) is 5.56 Å². The van der Waals surface area contributed by atoms with E-state index in [9.17, 15) is 18.0 Å². The van der Waals surface area contributed by atoms with Crippen molar-refractivity contribution in [1.29, 1.82) is 0 Å². The zero-order chi connectivity index (χ0) is 21.7. The SMILES string of the molecule is CC(NC(=O)COC(=O)CCN=C1NS(=O)(=O)c2ccccc21)c1ccc(Cl)cc1. The molecular formula is C20H20ClN3O5S. The highest BCUT2D eigenvalue weighted by Crippen LogP contribution is 2.22. The maximum Gasteiger partial charge on any atom is 0.308 e. The second-order valence-corrected chi connectivity index (χ2v) is 8.67. The van der Waals surface area contributed by atoms with Gasteiger partial charge in [0.25, 0.3) is 15.9 Å². The Morgan fingerprint density at radius 3 is 2.60 bits per heavy atom. The summed E-state index contributed by atoms with van der Waals surface area (Å²) in [7, 11) is -3.62. The number of benzene rings is 2. The molecule has 1 aliphatic rings. The highest BCUT2D eigenvalue weighted by atomic mass is 35.5. The number of nitrogens with one attached hydrogen (secondary N) is 2. The Balaban J connectivity index is 1.45. The van der Waals surface area contributed by atoms with E-state index in [1.54, 1.807) is 49.4 Å². The maximum atomic E-state index is 12.0. The van der Waals surface area contributed by atoms with Gasteiger partial charge in [0.1, 0.15) is 5.84 Å². The molecule has 0 saturated heterocycles. The Labute approximate surface area is 179 Å². The van der Waals surface area contributed by atoms with Gasteiger partial charge in [-0.25, -0.2) is 8.42 Å². The van der Waals surface area contributed by atoms with Crippen molar-refractivity contribution in [3.05, 3.63) is 64.7 Å². The van der Waals surface area contributed by atoms with Crippen molar-refractivity contribution < 1.29 is 22.7 Å².